The summed E-state index contributed by atoms with van der Waals surface area (Å²) in [6.45, 7) is 4.70. The lowest BCUT2D eigenvalue weighted by Crippen LogP contribution is -2.16. The maximum Gasteiger partial charge on any atom is 0.0468 e. The molecule has 11 aromatic carbocycles. The quantitative estimate of drug-likeness (QED) is 0.133. The van der Waals surface area contributed by atoms with Gasteiger partial charge in [-0.05, 0) is 156 Å². The van der Waals surface area contributed by atoms with Gasteiger partial charge in [0.2, 0.25) is 0 Å². The van der Waals surface area contributed by atoms with Gasteiger partial charge in [0.1, 0.15) is 0 Å². The van der Waals surface area contributed by atoms with Crippen molar-refractivity contribution in [3.8, 4) is 44.5 Å². The highest BCUT2D eigenvalue weighted by molar-refractivity contribution is 6.15. The van der Waals surface area contributed by atoms with Crippen molar-refractivity contribution < 1.29 is 0 Å². The van der Waals surface area contributed by atoms with E-state index in [1.54, 1.807) is 0 Å². The molecule has 11 aromatic rings. The fourth-order valence-corrected chi connectivity index (χ4v) is 10.4. The molecule has 0 aromatic heterocycles. The number of hydrogen-bond donors (Lipinski definition) is 0. The van der Waals surface area contributed by atoms with Crippen LogP contribution in [0.5, 0.6) is 0 Å². The third kappa shape index (κ3) is 7.15. The number of para-hydroxylation sites is 1. The molecular weight excluding hydrogens is 809 g/mol. The summed E-state index contributed by atoms with van der Waals surface area (Å²) in [5, 5.41) is 4.97. The SMILES string of the molecule is CC1(C)c2ccccc2-c2ccc(N(c3ccc(-c4ccccc4)cc3)c3ccc(-c4ccc(N(c5ccccc5)c5ccc6c(-c7ccccc7)cc7ccccc7c6c5)cc4)cc3)cc21. The number of rotatable bonds is 9. The molecule has 0 unspecified atom stereocenters. The van der Waals surface area contributed by atoms with Gasteiger partial charge < -0.3 is 9.80 Å². The molecule has 0 saturated carbocycles. The highest BCUT2D eigenvalue weighted by Crippen LogP contribution is 2.51. The van der Waals surface area contributed by atoms with E-state index in [0.717, 1.165) is 45.3 Å². The van der Waals surface area contributed by atoms with Gasteiger partial charge in [-0.25, -0.2) is 0 Å². The molecule has 1 aliphatic rings. The minimum absolute atomic E-state index is 0.106. The molecule has 318 valence electrons. The van der Waals surface area contributed by atoms with Gasteiger partial charge in [0.05, 0.1) is 0 Å². The highest BCUT2D eigenvalue weighted by atomic mass is 15.1. The summed E-state index contributed by atoms with van der Waals surface area (Å²) in [5.74, 6) is 0. The lowest BCUT2D eigenvalue weighted by Gasteiger charge is -2.28. The third-order valence-electron chi connectivity index (χ3n) is 13.8. The first-order valence-electron chi connectivity index (χ1n) is 23.2. The number of hydrogen-bond acceptors (Lipinski definition) is 2. The Bertz CT molecular complexity index is 3560. The number of benzene rings is 11. The Morgan fingerprint density at radius 3 is 1.30 bits per heavy atom. The van der Waals surface area contributed by atoms with Crippen LogP contribution in [0.2, 0.25) is 0 Å². The number of anilines is 6. The van der Waals surface area contributed by atoms with E-state index >= 15 is 0 Å². The molecule has 0 bridgehead atoms. The average molecular weight is 857 g/mol. The molecule has 0 radical (unpaired) electrons. The van der Waals surface area contributed by atoms with E-state index in [0.29, 0.717) is 0 Å². The second-order valence-corrected chi connectivity index (χ2v) is 18.2. The van der Waals surface area contributed by atoms with Crippen LogP contribution < -0.4 is 9.80 Å². The summed E-state index contributed by atoms with van der Waals surface area (Å²) in [5.41, 5.74) is 19.2. The molecular formula is C65H48N2. The van der Waals surface area contributed by atoms with Crippen molar-refractivity contribution >= 4 is 55.7 Å². The lowest BCUT2D eigenvalue weighted by molar-refractivity contribution is 0.660. The summed E-state index contributed by atoms with van der Waals surface area (Å²) in [6.07, 6.45) is 0. The fourth-order valence-electron chi connectivity index (χ4n) is 10.4. The second-order valence-electron chi connectivity index (χ2n) is 18.2. The van der Waals surface area contributed by atoms with Crippen molar-refractivity contribution in [2.75, 3.05) is 9.80 Å². The van der Waals surface area contributed by atoms with E-state index in [1.807, 2.05) is 0 Å². The number of nitrogens with zero attached hydrogens (tertiary/aromatic N) is 2. The van der Waals surface area contributed by atoms with E-state index in [-0.39, 0.29) is 5.41 Å². The second kappa shape index (κ2) is 16.5. The summed E-state index contributed by atoms with van der Waals surface area (Å²) in [7, 11) is 0. The largest absolute Gasteiger partial charge is 0.310 e. The summed E-state index contributed by atoms with van der Waals surface area (Å²) < 4.78 is 0. The smallest absolute Gasteiger partial charge is 0.0468 e. The van der Waals surface area contributed by atoms with E-state index in [1.165, 1.54) is 66.1 Å². The minimum atomic E-state index is -0.106. The maximum absolute atomic E-state index is 2.41. The Labute approximate surface area is 393 Å². The fraction of sp³-hybridized carbons (Fsp3) is 0.0462. The normalized spacial score (nSPS) is 12.4. The number of fused-ring (bicyclic) bond motifs is 6. The molecule has 67 heavy (non-hydrogen) atoms. The third-order valence-corrected chi connectivity index (χ3v) is 13.8. The van der Waals surface area contributed by atoms with Gasteiger partial charge in [0.15, 0.2) is 0 Å². The molecule has 12 rings (SSSR count). The summed E-state index contributed by atoms with van der Waals surface area (Å²) in [4.78, 5) is 4.77. The predicted octanol–water partition coefficient (Wildman–Crippen LogP) is 18.2. The van der Waals surface area contributed by atoms with Crippen LogP contribution in [0, 0.1) is 0 Å². The molecule has 0 saturated heterocycles. The molecule has 0 amide bonds. The zero-order valence-electron chi connectivity index (χ0n) is 37.6. The van der Waals surface area contributed by atoms with Gasteiger partial charge in [-0.3, -0.25) is 0 Å². The first kappa shape index (κ1) is 40.1. The Morgan fingerprint density at radius 1 is 0.254 bits per heavy atom. The lowest BCUT2D eigenvalue weighted by atomic mass is 9.82. The van der Waals surface area contributed by atoms with Gasteiger partial charge in [-0.1, -0.05) is 190 Å². The Morgan fingerprint density at radius 2 is 0.687 bits per heavy atom. The Kier molecular flexibility index (Phi) is 9.88. The molecule has 0 fully saturated rings. The van der Waals surface area contributed by atoms with E-state index in [4.69, 9.17) is 0 Å². The predicted molar refractivity (Wildman–Crippen MR) is 285 cm³/mol. The monoisotopic (exact) mass is 856 g/mol. The topological polar surface area (TPSA) is 6.48 Å². The summed E-state index contributed by atoms with van der Waals surface area (Å²) >= 11 is 0. The molecule has 0 heterocycles. The van der Waals surface area contributed by atoms with Gasteiger partial charge in [0.25, 0.3) is 0 Å². The Hall–Kier alpha value is -8.46. The first-order valence-corrected chi connectivity index (χ1v) is 23.2. The van der Waals surface area contributed by atoms with Crippen LogP contribution in [-0.2, 0) is 5.41 Å². The zero-order chi connectivity index (χ0) is 44.9. The van der Waals surface area contributed by atoms with Crippen molar-refractivity contribution in [3.63, 3.8) is 0 Å². The van der Waals surface area contributed by atoms with Crippen LogP contribution in [-0.4, -0.2) is 0 Å². The molecule has 1 aliphatic carbocycles. The van der Waals surface area contributed by atoms with E-state index in [9.17, 15) is 0 Å². The Balaban J connectivity index is 0.905. The van der Waals surface area contributed by atoms with Gasteiger partial charge in [-0.15, -0.1) is 0 Å². The highest BCUT2D eigenvalue weighted by Gasteiger charge is 2.35. The van der Waals surface area contributed by atoms with Gasteiger partial charge in [-0.2, -0.15) is 0 Å². The van der Waals surface area contributed by atoms with Crippen molar-refractivity contribution in [2.24, 2.45) is 0 Å². The molecule has 2 heteroatoms. The minimum Gasteiger partial charge on any atom is -0.310 e. The van der Waals surface area contributed by atoms with Crippen molar-refractivity contribution in [3.05, 3.63) is 266 Å². The van der Waals surface area contributed by atoms with Gasteiger partial charge >= 0.3 is 0 Å². The summed E-state index contributed by atoms with van der Waals surface area (Å²) in [6, 6.07) is 93.0. The zero-order valence-corrected chi connectivity index (χ0v) is 37.6. The van der Waals surface area contributed by atoms with Crippen LogP contribution in [0.4, 0.5) is 34.1 Å². The molecule has 0 aliphatic heterocycles. The van der Waals surface area contributed by atoms with Crippen LogP contribution in [0.3, 0.4) is 0 Å². The standard InChI is InChI=1S/C65H48N2/c1-65(2)63-25-15-14-24-59(63)60-41-39-56(44-64(60)65)67(53-32-26-46(27-33-53)45-16-6-3-7-17-45)54-36-30-48(31-37-54)47-28-34-52(35-29-47)66(51-21-10-5-11-22-51)55-38-40-58-61(49-18-8-4-9-19-49)42-50-20-12-13-23-57(50)62(58)43-55/h3-44H,1-2H3. The van der Waals surface area contributed by atoms with Crippen molar-refractivity contribution in [1.29, 1.82) is 0 Å². The first-order chi connectivity index (χ1) is 33.0. The van der Waals surface area contributed by atoms with E-state index in [2.05, 4.69) is 278 Å². The average Bonchev–Trinajstić information content (AvgIpc) is 3.62. The van der Waals surface area contributed by atoms with Crippen molar-refractivity contribution in [2.45, 2.75) is 19.3 Å². The maximum atomic E-state index is 2.41. The molecule has 2 nitrogen and oxygen atoms in total. The van der Waals surface area contributed by atoms with Crippen molar-refractivity contribution in [1.82, 2.24) is 0 Å². The van der Waals surface area contributed by atoms with E-state index < -0.39 is 0 Å². The van der Waals surface area contributed by atoms with Crippen LogP contribution >= 0.6 is 0 Å². The molecule has 0 spiro atoms. The van der Waals surface area contributed by atoms with Crippen LogP contribution in [0.15, 0.2) is 255 Å². The molecule has 0 N–H and O–H groups in total. The molecule has 0 atom stereocenters. The van der Waals surface area contributed by atoms with Gasteiger partial charge in [0, 0.05) is 39.5 Å². The van der Waals surface area contributed by atoms with Crippen LogP contribution in [0.25, 0.3) is 66.1 Å². The van der Waals surface area contributed by atoms with Crippen LogP contribution in [0.1, 0.15) is 25.0 Å².